The molecule has 0 aromatic rings. The highest BCUT2D eigenvalue weighted by molar-refractivity contribution is 6.14. The van der Waals surface area contributed by atoms with Crippen LogP contribution in [0, 0.1) is 23.2 Å². The van der Waals surface area contributed by atoms with Gasteiger partial charge in [0.1, 0.15) is 6.04 Å². The number of halogens is 1. The predicted octanol–water partition coefficient (Wildman–Crippen LogP) is 1.35. The zero-order chi connectivity index (χ0) is 18.1. The monoisotopic (exact) mass is 367 g/mol. The quantitative estimate of drug-likeness (QED) is 0.706. The molecule has 3 fully saturated rings. The number of nitrogens with zero attached hydrogens (tertiary/aromatic N) is 5. The Labute approximate surface area is 154 Å². The van der Waals surface area contributed by atoms with Crippen molar-refractivity contribution < 1.29 is 9.59 Å². The van der Waals surface area contributed by atoms with E-state index in [-0.39, 0.29) is 30.6 Å². The van der Waals surface area contributed by atoms with Crippen LogP contribution in [0.5, 0.6) is 0 Å². The smallest absolute Gasteiger partial charge is 0.319 e. The molecule has 4 atom stereocenters. The number of urea groups is 1. The molecule has 0 N–H and O–H groups in total. The molecule has 0 aromatic heterocycles. The van der Waals surface area contributed by atoms with E-state index in [2.05, 4.69) is 6.07 Å². The van der Waals surface area contributed by atoms with Gasteiger partial charge in [-0.05, 0) is 49.3 Å². The molecule has 8 heteroatoms. The second-order valence-electron chi connectivity index (χ2n) is 7.66. The minimum absolute atomic E-state index is 0.0551. The minimum Gasteiger partial charge on any atom is -0.331 e. The van der Waals surface area contributed by atoms with Crippen LogP contribution >= 0.6 is 11.8 Å². The van der Waals surface area contributed by atoms with Gasteiger partial charge in [-0.1, -0.05) is 0 Å². The lowest BCUT2D eigenvalue weighted by molar-refractivity contribution is -0.131. The van der Waals surface area contributed by atoms with Gasteiger partial charge in [0.25, 0.3) is 0 Å². The summed E-state index contributed by atoms with van der Waals surface area (Å²) >= 11 is 6.43. The summed E-state index contributed by atoms with van der Waals surface area (Å²) < 4.78 is 1.63. The van der Waals surface area contributed by atoms with Crippen LogP contribution in [0.15, 0.2) is 0 Å². The van der Waals surface area contributed by atoms with Gasteiger partial charge in [0.2, 0.25) is 5.91 Å². The number of carbonyl (C=O) groups excluding carboxylic acids is 2. The van der Waals surface area contributed by atoms with Crippen molar-refractivity contribution in [3.05, 3.63) is 0 Å². The van der Waals surface area contributed by atoms with Crippen molar-refractivity contribution in [3.8, 4) is 6.07 Å². The molecule has 2 aliphatic heterocycles. The highest BCUT2D eigenvalue weighted by atomic mass is 35.5. The van der Waals surface area contributed by atoms with Crippen molar-refractivity contribution in [2.75, 3.05) is 40.3 Å². The molecule has 25 heavy (non-hydrogen) atoms. The van der Waals surface area contributed by atoms with Gasteiger partial charge in [-0.15, -0.1) is 0 Å². The van der Waals surface area contributed by atoms with Crippen molar-refractivity contribution in [2.45, 2.75) is 37.8 Å². The predicted molar refractivity (Wildman–Crippen MR) is 93.6 cm³/mol. The van der Waals surface area contributed by atoms with Gasteiger partial charge in [-0.2, -0.15) is 5.26 Å². The second-order valence-corrected chi connectivity index (χ2v) is 8.09. The Balaban J connectivity index is 1.50. The lowest BCUT2D eigenvalue weighted by Crippen LogP contribution is -2.42. The molecule has 0 aromatic carbocycles. The maximum absolute atomic E-state index is 12.4. The summed E-state index contributed by atoms with van der Waals surface area (Å²) in [6, 6.07) is 2.13. The van der Waals surface area contributed by atoms with Gasteiger partial charge in [0.05, 0.1) is 12.6 Å². The summed E-state index contributed by atoms with van der Waals surface area (Å²) in [6.45, 7) is 2.36. The Morgan fingerprint density at radius 2 is 1.88 bits per heavy atom. The first-order valence-electron chi connectivity index (χ1n) is 8.98. The first kappa shape index (κ1) is 18.3. The van der Waals surface area contributed by atoms with E-state index >= 15 is 0 Å². The van der Waals surface area contributed by atoms with E-state index in [4.69, 9.17) is 17.0 Å². The molecule has 1 saturated carbocycles. The van der Waals surface area contributed by atoms with E-state index in [1.165, 1.54) is 0 Å². The van der Waals surface area contributed by atoms with E-state index in [1.807, 2.05) is 4.90 Å². The molecule has 0 radical (unpaired) electrons. The minimum atomic E-state index is -0.300. The number of hydrogen-bond acceptors (Lipinski definition) is 4. The Bertz CT molecular complexity index is 564. The van der Waals surface area contributed by atoms with Crippen LogP contribution in [-0.4, -0.2) is 83.4 Å². The molecule has 1 aliphatic carbocycles. The lowest BCUT2D eigenvalue weighted by Gasteiger charge is -2.27. The molecule has 7 nitrogen and oxygen atoms in total. The Morgan fingerprint density at radius 1 is 1.24 bits per heavy atom. The van der Waals surface area contributed by atoms with E-state index in [9.17, 15) is 9.59 Å². The van der Waals surface area contributed by atoms with Gasteiger partial charge in [0.15, 0.2) is 0 Å². The van der Waals surface area contributed by atoms with Gasteiger partial charge in [0, 0.05) is 39.8 Å². The van der Waals surface area contributed by atoms with Crippen molar-refractivity contribution in [1.29, 1.82) is 5.26 Å². The Hall–Kier alpha value is -1.52. The highest BCUT2D eigenvalue weighted by Gasteiger charge is 2.44. The normalized spacial score (nSPS) is 31.3. The standard InChI is InChI=1S/C17H26ClN5O2/c1-20(2)17(25)21-9-12-6-15(7-13(12)10-21)23(18)11-16(24)22-5-3-4-14(22)8-19/h12-15H,3-7,9-11H2,1-2H3/t12-,13+,14?,15-. The topological polar surface area (TPSA) is 70.9 Å². The van der Waals surface area contributed by atoms with E-state index in [0.29, 0.717) is 18.4 Å². The fourth-order valence-electron chi connectivity index (χ4n) is 4.48. The van der Waals surface area contributed by atoms with E-state index in [0.717, 1.165) is 38.8 Å². The fourth-order valence-corrected chi connectivity index (χ4v) is 4.75. The van der Waals surface area contributed by atoms with Crippen molar-refractivity contribution in [3.63, 3.8) is 0 Å². The molecule has 3 amide bonds. The first-order chi connectivity index (χ1) is 11.9. The maximum atomic E-state index is 12.4. The number of carbonyl (C=O) groups is 2. The van der Waals surface area contributed by atoms with Gasteiger partial charge in [-0.3, -0.25) is 4.79 Å². The van der Waals surface area contributed by atoms with Crippen LogP contribution in [0.4, 0.5) is 4.79 Å². The third-order valence-electron chi connectivity index (χ3n) is 5.78. The van der Waals surface area contributed by atoms with Gasteiger partial charge in [-0.25, -0.2) is 9.21 Å². The first-order valence-corrected chi connectivity index (χ1v) is 9.32. The number of nitriles is 1. The van der Waals surface area contributed by atoms with Crippen molar-refractivity contribution >= 4 is 23.7 Å². The third-order valence-corrected chi connectivity index (χ3v) is 6.18. The summed E-state index contributed by atoms with van der Waals surface area (Å²) in [6.07, 6.45) is 3.48. The van der Waals surface area contributed by atoms with Crippen molar-refractivity contribution in [2.24, 2.45) is 11.8 Å². The molecule has 0 bridgehead atoms. The van der Waals surface area contributed by atoms with E-state index in [1.54, 1.807) is 28.3 Å². The van der Waals surface area contributed by atoms with E-state index < -0.39 is 0 Å². The zero-order valence-electron chi connectivity index (χ0n) is 14.9. The average Bonchev–Trinajstić information content (AvgIpc) is 3.27. The van der Waals surface area contributed by atoms with Crippen LogP contribution in [0.25, 0.3) is 0 Å². The molecular formula is C17H26ClN5O2. The van der Waals surface area contributed by atoms with Crippen LogP contribution in [0.3, 0.4) is 0 Å². The number of fused-ring (bicyclic) bond motifs is 1. The maximum Gasteiger partial charge on any atom is 0.319 e. The SMILES string of the molecule is CN(C)C(=O)N1C[C@H]2C[C@@H](N(Cl)CC(=O)N3CCCC3C#N)C[C@H]2C1. The Morgan fingerprint density at radius 3 is 2.44 bits per heavy atom. The number of rotatable bonds is 3. The summed E-state index contributed by atoms with van der Waals surface area (Å²) in [7, 11) is 3.55. The fraction of sp³-hybridized carbons (Fsp3) is 0.824. The largest absolute Gasteiger partial charge is 0.331 e. The molecule has 3 rings (SSSR count). The number of hydrogen-bond donors (Lipinski definition) is 0. The summed E-state index contributed by atoms with van der Waals surface area (Å²) in [4.78, 5) is 29.7. The average molecular weight is 368 g/mol. The molecule has 0 spiro atoms. The van der Waals surface area contributed by atoms with Crippen LogP contribution < -0.4 is 0 Å². The number of likely N-dealkylation sites (tertiary alicyclic amines) is 2. The summed E-state index contributed by atoms with van der Waals surface area (Å²) in [5.74, 6) is 0.869. The molecule has 2 saturated heterocycles. The van der Waals surface area contributed by atoms with Crippen LogP contribution in [0.2, 0.25) is 0 Å². The second kappa shape index (κ2) is 7.38. The highest BCUT2D eigenvalue weighted by Crippen LogP contribution is 2.41. The Kier molecular flexibility index (Phi) is 5.40. The van der Waals surface area contributed by atoms with Gasteiger partial charge < -0.3 is 14.7 Å². The summed E-state index contributed by atoms with van der Waals surface area (Å²) in [5.41, 5.74) is 0. The van der Waals surface area contributed by atoms with Crippen molar-refractivity contribution in [1.82, 2.24) is 19.1 Å². The lowest BCUT2D eigenvalue weighted by atomic mass is 10.0. The zero-order valence-corrected chi connectivity index (χ0v) is 15.7. The number of amides is 3. The van der Waals surface area contributed by atoms with Crippen LogP contribution in [-0.2, 0) is 4.79 Å². The van der Waals surface area contributed by atoms with Crippen LogP contribution in [0.1, 0.15) is 25.7 Å². The third kappa shape index (κ3) is 3.70. The summed E-state index contributed by atoms with van der Waals surface area (Å²) in [5, 5.41) is 9.12. The molecule has 1 unspecified atom stereocenters. The molecule has 3 aliphatic rings. The van der Waals surface area contributed by atoms with Gasteiger partial charge >= 0.3 is 6.03 Å². The molecule has 138 valence electrons. The molecule has 2 heterocycles. The molecular weight excluding hydrogens is 342 g/mol.